The van der Waals surface area contributed by atoms with Crippen molar-refractivity contribution in [3.05, 3.63) is 33.8 Å². The van der Waals surface area contributed by atoms with Crippen molar-refractivity contribution in [3.63, 3.8) is 0 Å². The van der Waals surface area contributed by atoms with E-state index in [9.17, 15) is 4.79 Å². The van der Waals surface area contributed by atoms with Gasteiger partial charge >= 0.3 is 6.09 Å². The quantitative estimate of drug-likeness (QED) is 0.740. The Balaban J connectivity index is 1.86. The fraction of sp³-hybridized carbons (Fsp3) is 0.529. The van der Waals surface area contributed by atoms with Crippen LogP contribution in [0.25, 0.3) is 0 Å². The molecule has 1 aromatic rings. The van der Waals surface area contributed by atoms with Crippen molar-refractivity contribution in [3.8, 4) is 0 Å². The second-order valence-corrected chi connectivity index (χ2v) is 6.54. The van der Waals surface area contributed by atoms with E-state index >= 15 is 0 Å². The summed E-state index contributed by atoms with van der Waals surface area (Å²) in [5, 5.41) is 3.72. The van der Waals surface area contributed by atoms with E-state index in [0.717, 1.165) is 31.2 Å². The molecule has 1 atom stereocenters. The number of nitrogens with one attached hydrogen (secondary N) is 1. The number of halogens is 2. The molecule has 24 heavy (non-hydrogen) atoms. The molecule has 7 heteroatoms. The molecular weight excluding hydrogens is 349 g/mol. The highest BCUT2D eigenvalue weighted by Gasteiger charge is 2.29. The van der Waals surface area contributed by atoms with Crippen molar-refractivity contribution in [1.29, 1.82) is 0 Å². The van der Waals surface area contributed by atoms with Gasteiger partial charge in [-0.25, -0.2) is 4.79 Å². The first-order valence-electron chi connectivity index (χ1n) is 8.19. The van der Waals surface area contributed by atoms with Gasteiger partial charge in [-0.2, -0.15) is 0 Å². The van der Waals surface area contributed by atoms with Gasteiger partial charge in [-0.1, -0.05) is 61.5 Å². The molecule has 5 nitrogen and oxygen atoms in total. The standard InChI is InChI=1S/C17H23Cl2N3O2/c1-3-4-5-6-10-24-17(23)21-16-20-11-14(22(16)2)12-8-7-9-13(18)15(12)19/h7-9,14H,3-6,10-11H2,1-2H3,(H,20,21,23). The fourth-order valence-electron chi connectivity index (χ4n) is 2.59. The van der Waals surface area contributed by atoms with Crippen LogP contribution in [0.3, 0.4) is 0 Å². The largest absolute Gasteiger partial charge is 0.449 e. The minimum absolute atomic E-state index is 0.0592. The molecule has 0 aliphatic carbocycles. The summed E-state index contributed by atoms with van der Waals surface area (Å²) in [5.41, 5.74) is 0.889. The average molecular weight is 372 g/mol. The molecule has 0 radical (unpaired) electrons. The van der Waals surface area contributed by atoms with Gasteiger partial charge in [-0.05, 0) is 18.1 Å². The van der Waals surface area contributed by atoms with Crippen LogP contribution in [0.1, 0.15) is 44.2 Å². The van der Waals surface area contributed by atoms with E-state index in [4.69, 9.17) is 27.9 Å². The molecule has 1 unspecified atom stereocenters. The number of rotatable bonds is 6. The summed E-state index contributed by atoms with van der Waals surface area (Å²) < 4.78 is 5.18. The first-order chi connectivity index (χ1) is 11.5. The Hall–Kier alpha value is -1.46. The molecule has 0 saturated carbocycles. The van der Waals surface area contributed by atoms with Crippen molar-refractivity contribution in [2.24, 2.45) is 4.99 Å². The highest BCUT2D eigenvalue weighted by molar-refractivity contribution is 6.42. The van der Waals surface area contributed by atoms with Crippen LogP contribution >= 0.6 is 23.2 Å². The Bertz CT molecular complexity index is 607. The molecule has 0 bridgehead atoms. The molecule has 0 saturated heterocycles. The molecule has 132 valence electrons. The molecule has 0 aromatic heterocycles. The number of nitrogens with zero attached hydrogens (tertiary/aromatic N) is 2. The first kappa shape index (κ1) is 18.9. The number of aliphatic imine (C=N–C) groups is 1. The fourth-order valence-corrected chi connectivity index (χ4v) is 3.02. The lowest BCUT2D eigenvalue weighted by atomic mass is 10.1. The lowest BCUT2D eigenvalue weighted by Gasteiger charge is -2.24. The van der Waals surface area contributed by atoms with Crippen LogP contribution in [-0.4, -0.2) is 37.2 Å². The summed E-state index contributed by atoms with van der Waals surface area (Å²) in [5.74, 6) is 0.481. The number of hydrogen-bond donors (Lipinski definition) is 1. The Labute approximate surface area is 153 Å². The van der Waals surface area contributed by atoms with Crippen LogP contribution in [-0.2, 0) is 4.74 Å². The number of amides is 1. The number of hydrogen-bond acceptors (Lipinski definition) is 4. The third-order valence-corrected chi connectivity index (χ3v) is 4.83. The summed E-state index contributed by atoms with van der Waals surface area (Å²) >= 11 is 12.4. The van der Waals surface area contributed by atoms with Crippen molar-refractivity contribution < 1.29 is 9.53 Å². The third kappa shape index (κ3) is 4.77. The Kier molecular flexibility index (Phi) is 7.18. The van der Waals surface area contributed by atoms with Crippen LogP contribution in [0.2, 0.25) is 10.0 Å². The number of likely N-dealkylation sites (N-methyl/N-ethyl adjacent to an activating group) is 1. The van der Waals surface area contributed by atoms with E-state index in [0.29, 0.717) is 29.2 Å². The van der Waals surface area contributed by atoms with Crippen molar-refractivity contribution >= 4 is 35.3 Å². The third-order valence-electron chi connectivity index (χ3n) is 4.00. The number of guanidine groups is 1. The maximum absolute atomic E-state index is 11.9. The van der Waals surface area contributed by atoms with E-state index in [-0.39, 0.29) is 6.04 Å². The first-order valence-corrected chi connectivity index (χ1v) is 8.95. The van der Waals surface area contributed by atoms with E-state index in [1.54, 1.807) is 6.07 Å². The second-order valence-electron chi connectivity index (χ2n) is 5.76. The summed E-state index contributed by atoms with van der Waals surface area (Å²) in [7, 11) is 1.86. The Morgan fingerprint density at radius 1 is 1.38 bits per heavy atom. The zero-order valence-corrected chi connectivity index (χ0v) is 15.5. The van der Waals surface area contributed by atoms with Gasteiger partial charge in [0.25, 0.3) is 0 Å². The molecule has 1 aliphatic heterocycles. The summed E-state index contributed by atoms with van der Waals surface area (Å²) in [6, 6.07) is 5.46. The number of alkyl carbamates (subject to hydrolysis) is 1. The molecule has 1 aromatic carbocycles. The Morgan fingerprint density at radius 3 is 2.92 bits per heavy atom. The van der Waals surface area contributed by atoms with Gasteiger partial charge in [0, 0.05) is 7.05 Å². The molecule has 0 fully saturated rings. The summed E-state index contributed by atoms with van der Waals surface area (Å²) in [4.78, 5) is 18.1. The van der Waals surface area contributed by atoms with Crippen molar-refractivity contribution in [2.45, 2.75) is 38.6 Å². The van der Waals surface area contributed by atoms with Crippen molar-refractivity contribution in [1.82, 2.24) is 10.2 Å². The highest BCUT2D eigenvalue weighted by atomic mass is 35.5. The van der Waals surface area contributed by atoms with Crippen LogP contribution in [0.4, 0.5) is 4.79 Å². The van der Waals surface area contributed by atoms with Crippen LogP contribution in [0.5, 0.6) is 0 Å². The minimum Gasteiger partial charge on any atom is -0.449 e. The van der Waals surface area contributed by atoms with Gasteiger partial charge in [0.05, 0.1) is 29.2 Å². The zero-order chi connectivity index (χ0) is 17.5. The number of unbranched alkanes of at least 4 members (excludes halogenated alkanes) is 3. The topological polar surface area (TPSA) is 53.9 Å². The molecule has 2 rings (SSSR count). The van der Waals surface area contributed by atoms with Gasteiger partial charge < -0.3 is 9.64 Å². The van der Waals surface area contributed by atoms with E-state index in [2.05, 4.69) is 17.2 Å². The highest BCUT2D eigenvalue weighted by Crippen LogP contribution is 2.34. The monoisotopic (exact) mass is 371 g/mol. The van der Waals surface area contributed by atoms with Gasteiger partial charge in [-0.15, -0.1) is 0 Å². The number of ether oxygens (including phenoxy) is 1. The Morgan fingerprint density at radius 2 is 2.17 bits per heavy atom. The summed E-state index contributed by atoms with van der Waals surface area (Å²) in [6.45, 7) is 3.07. The maximum atomic E-state index is 11.9. The molecule has 1 heterocycles. The predicted molar refractivity (Wildman–Crippen MR) is 97.9 cm³/mol. The SMILES string of the molecule is CCCCCCOC(=O)NC1=NCC(c2cccc(Cl)c2Cl)N1C. The average Bonchev–Trinajstić information content (AvgIpc) is 2.91. The zero-order valence-electron chi connectivity index (χ0n) is 14.0. The lowest BCUT2D eigenvalue weighted by Crippen LogP contribution is -2.40. The molecule has 0 spiro atoms. The second kappa shape index (κ2) is 9.14. The minimum atomic E-state index is -0.477. The van der Waals surface area contributed by atoms with E-state index < -0.39 is 6.09 Å². The van der Waals surface area contributed by atoms with Crippen molar-refractivity contribution in [2.75, 3.05) is 20.2 Å². The van der Waals surface area contributed by atoms with E-state index in [1.165, 1.54) is 0 Å². The molecular formula is C17H23Cl2N3O2. The van der Waals surface area contributed by atoms with Gasteiger partial charge in [0.15, 0.2) is 0 Å². The van der Waals surface area contributed by atoms with Gasteiger partial charge in [0.2, 0.25) is 5.96 Å². The van der Waals surface area contributed by atoms with Crippen LogP contribution < -0.4 is 5.32 Å². The van der Waals surface area contributed by atoms with Gasteiger partial charge in [-0.3, -0.25) is 10.3 Å². The lowest BCUT2D eigenvalue weighted by molar-refractivity contribution is 0.148. The molecule has 1 N–H and O–H groups in total. The molecule has 1 amide bonds. The van der Waals surface area contributed by atoms with Crippen LogP contribution in [0.15, 0.2) is 23.2 Å². The van der Waals surface area contributed by atoms with E-state index in [1.807, 2.05) is 24.1 Å². The number of benzene rings is 1. The smallest absolute Gasteiger partial charge is 0.413 e. The molecule has 1 aliphatic rings. The summed E-state index contributed by atoms with van der Waals surface area (Å²) in [6.07, 6.45) is 3.78. The number of carbonyl (C=O) groups excluding carboxylic acids is 1. The predicted octanol–water partition coefficient (Wildman–Crippen LogP) is 4.64. The van der Waals surface area contributed by atoms with Gasteiger partial charge in [0.1, 0.15) is 0 Å². The normalized spacial score (nSPS) is 16.9. The van der Waals surface area contributed by atoms with Crippen LogP contribution in [0, 0.1) is 0 Å². The maximum Gasteiger partial charge on any atom is 0.413 e. The number of carbonyl (C=O) groups is 1.